The van der Waals surface area contributed by atoms with Gasteiger partial charge in [0.2, 0.25) is 18.2 Å². The van der Waals surface area contributed by atoms with Crippen LogP contribution in [0.3, 0.4) is 0 Å². The van der Waals surface area contributed by atoms with Crippen molar-refractivity contribution in [1.82, 2.24) is 21.3 Å². The zero-order valence-corrected chi connectivity index (χ0v) is 16.2. The highest BCUT2D eigenvalue weighted by Gasteiger charge is 2.37. The van der Waals surface area contributed by atoms with Crippen LogP contribution >= 0.6 is 0 Å². The zero-order valence-electron chi connectivity index (χ0n) is 16.2. The number of carbonyl (C=O) groups excluding carboxylic acids is 3. The van der Waals surface area contributed by atoms with Crippen LogP contribution in [0.1, 0.15) is 18.4 Å². The Morgan fingerprint density at radius 2 is 1.86 bits per heavy atom. The van der Waals surface area contributed by atoms with Crippen LogP contribution < -0.4 is 27.0 Å². The van der Waals surface area contributed by atoms with E-state index < -0.39 is 11.6 Å². The van der Waals surface area contributed by atoms with Crippen molar-refractivity contribution in [2.75, 3.05) is 19.8 Å². The van der Waals surface area contributed by atoms with E-state index in [0.29, 0.717) is 38.8 Å². The van der Waals surface area contributed by atoms with Crippen LogP contribution in [0, 0.1) is 0 Å². The van der Waals surface area contributed by atoms with Crippen molar-refractivity contribution in [3.05, 3.63) is 48.0 Å². The summed E-state index contributed by atoms with van der Waals surface area (Å²) in [7, 11) is 0. The molecule has 2 aromatic carbocycles. The molecule has 0 spiro atoms. The van der Waals surface area contributed by atoms with Crippen molar-refractivity contribution < 1.29 is 14.4 Å². The molecule has 0 bridgehead atoms. The predicted molar refractivity (Wildman–Crippen MR) is 111 cm³/mol. The standard InChI is InChI=1S/C21H27N5O3/c22-21(7-9-23-10-8-21)20(29)26-18(19(28)25-13-24-14-27)12-15-5-6-16-3-1-2-4-17(16)11-15/h1-6,11,14,18,23H,7-10,12-13,22H2,(H,24,27)(H,25,28)(H,26,29)/t18-/m1/s1. The van der Waals surface area contributed by atoms with E-state index in [-0.39, 0.29) is 18.5 Å². The Bertz CT molecular complexity index is 880. The first kappa shape index (κ1) is 20.8. The van der Waals surface area contributed by atoms with Crippen LogP contribution in [0.15, 0.2) is 42.5 Å². The van der Waals surface area contributed by atoms with Crippen molar-refractivity contribution in [3.63, 3.8) is 0 Å². The van der Waals surface area contributed by atoms with Gasteiger partial charge in [-0.05, 0) is 42.3 Å². The molecule has 0 radical (unpaired) electrons. The third-order valence-electron chi connectivity index (χ3n) is 5.27. The fraction of sp³-hybridized carbons (Fsp3) is 0.381. The lowest BCUT2D eigenvalue weighted by Crippen LogP contribution is -2.62. The predicted octanol–water partition coefficient (Wildman–Crippen LogP) is -0.232. The lowest BCUT2D eigenvalue weighted by molar-refractivity contribution is -0.132. The van der Waals surface area contributed by atoms with E-state index in [1.54, 1.807) is 0 Å². The van der Waals surface area contributed by atoms with E-state index >= 15 is 0 Å². The third-order valence-corrected chi connectivity index (χ3v) is 5.27. The number of nitrogens with two attached hydrogens (primary N) is 1. The molecule has 0 unspecified atom stereocenters. The number of nitrogens with one attached hydrogen (secondary N) is 4. The summed E-state index contributed by atoms with van der Waals surface area (Å²) in [6.07, 6.45) is 1.84. The van der Waals surface area contributed by atoms with E-state index in [1.165, 1.54) is 0 Å². The van der Waals surface area contributed by atoms with Gasteiger partial charge < -0.3 is 27.0 Å². The molecule has 0 aromatic heterocycles. The Morgan fingerprint density at radius 3 is 2.59 bits per heavy atom. The molecule has 3 amide bonds. The van der Waals surface area contributed by atoms with Gasteiger partial charge in [-0.15, -0.1) is 0 Å². The van der Waals surface area contributed by atoms with E-state index in [2.05, 4.69) is 21.3 Å². The third kappa shape index (κ3) is 5.30. The van der Waals surface area contributed by atoms with Crippen LogP contribution in [0.4, 0.5) is 0 Å². The van der Waals surface area contributed by atoms with Gasteiger partial charge in [-0.3, -0.25) is 14.4 Å². The van der Waals surface area contributed by atoms with Crippen LogP contribution in [0.25, 0.3) is 10.8 Å². The molecule has 0 saturated carbocycles. The molecule has 1 saturated heterocycles. The number of hydrogen-bond acceptors (Lipinski definition) is 5. The Kier molecular flexibility index (Phi) is 6.79. The highest BCUT2D eigenvalue weighted by Crippen LogP contribution is 2.18. The fourth-order valence-electron chi connectivity index (χ4n) is 3.52. The van der Waals surface area contributed by atoms with Gasteiger partial charge in [-0.1, -0.05) is 42.5 Å². The number of piperidine rings is 1. The van der Waals surface area contributed by atoms with Crippen molar-refractivity contribution >= 4 is 29.0 Å². The summed E-state index contributed by atoms with van der Waals surface area (Å²) in [6.45, 7) is 1.31. The van der Waals surface area contributed by atoms with Gasteiger partial charge in [0, 0.05) is 6.42 Å². The molecule has 1 atom stereocenters. The quantitative estimate of drug-likeness (QED) is 0.239. The molecule has 1 fully saturated rings. The lowest BCUT2D eigenvalue weighted by atomic mass is 9.88. The smallest absolute Gasteiger partial charge is 0.244 e. The summed E-state index contributed by atoms with van der Waals surface area (Å²) >= 11 is 0. The summed E-state index contributed by atoms with van der Waals surface area (Å²) in [6, 6.07) is 13.1. The second kappa shape index (κ2) is 9.49. The van der Waals surface area contributed by atoms with Crippen molar-refractivity contribution in [2.45, 2.75) is 30.8 Å². The minimum atomic E-state index is -0.992. The zero-order chi connectivity index (χ0) is 20.7. The molecule has 1 aliphatic rings. The molecule has 0 aliphatic carbocycles. The summed E-state index contributed by atoms with van der Waals surface area (Å²) < 4.78 is 0. The normalized spacial score (nSPS) is 16.6. The van der Waals surface area contributed by atoms with E-state index in [9.17, 15) is 14.4 Å². The number of benzene rings is 2. The van der Waals surface area contributed by atoms with Gasteiger partial charge in [0.15, 0.2) is 0 Å². The molecular formula is C21H27N5O3. The van der Waals surface area contributed by atoms with Crippen LogP contribution in [0.5, 0.6) is 0 Å². The first-order chi connectivity index (χ1) is 14.0. The minimum Gasteiger partial charge on any atom is -0.342 e. The molecule has 1 heterocycles. The number of hydrogen-bond donors (Lipinski definition) is 5. The number of amides is 3. The monoisotopic (exact) mass is 397 g/mol. The van der Waals surface area contributed by atoms with E-state index in [4.69, 9.17) is 5.73 Å². The Balaban J connectivity index is 1.76. The highest BCUT2D eigenvalue weighted by atomic mass is 16.2. The van der Waals surface area contributed by atoms with E-state index in [0.717, 1.165) is 16.3 Å². The number of fused-ring (bicyclic) bond motifs is 1. The van der Waals surface area contributed by atoms with Gasteiger partial charge in [-0.2, -0.15) is 0 Å². The maximum absolute atomic E-state index is 12.9. The first-order valence-electron chi connectivity index (χ1n) is 9.75. The van der Waals surface area contributed by atoms with Gasteiger partial charge in [0.25, 0.3) is 0 Å². The largest absolute Gasteiger partial charge is 0.342 e. The molecule has 3 rings (SSSR count). The molecule has 6 N–H and O–H groups in total. The Labute approximate surface area is 169 Å². The molecule has 8 nitrogen and oxygen atoms in total. The maximum atomic E-state index is 12.9. The van der Waals surface area contributed by atoms with Crippen molar-refractivity contribution in [1.29, 1.82) is 0 Å². The van der Waals surface area contributed by atoms with Gasteiger partial charge in [0.1, 0.15) is 6.04 Å². The molecular weight excluding hydrogens is 370 g/mol. The minimum absolute atomic E-state index is 0.00981. The lowest BCUT2D eigenvalue weighted by Gasteiger charge is -2.33. The Morgan fingerprint density at radius 1 is 1.14 bits per heavy atom. The average molecular weight is 397 g/mol. The van der Waals surface area contributed by atoms with Gasteiger partial charge >= 0.3 is 0 Å². The van der Waals surface area contributed by atoms with E-state index in [1.807, 2.05) is 42.5 Å². The second-order valence-electron chi connectivity index (χ2n) is 7.36. The summed E-state index contributed by atoms with van der Waals surface area (Å²) in [5.41, 5.74) is 6.23. The Hall–Kier alpha value is -2.97. The summed E-state index contributed by atoms with van der Waals surface area (Å²) in [4.78, 5) is 36.0. The summed E-state index contributed by atoms with van der Waals surface area (Å²) in [5.74, 6) is -0.707. The average Bonchev–Trinajstić information content (AvgIpc) is 2.73. The second-order valence-corrected chi connectivity index (χ2v) is 7.36. The van der Waals surface area contributed by atoms with Gasteiger partial charge in [0.05, 0.1) is 12.2 Å². The first-order valence-corrected chi connectivity index (χ1v) is 9.75. The topological polar surface area (TPSA) is 125 Å². The van der Waals surface area contributed by atoms with Crippen molar-refractivity contribution in [2.24, 2.45) is 5.73 Å². The molecule has 8 heteroatoms. The van der Waals surface area contributed by atoms with Gasteiger partial charge in [-0.25, -0.2) is 0 Å². The molecule has 29 heavy (non-hydrogen) atoms. The van der Waals surface area contributed by atoms with Crippen LogP contribution in [-0.4, -0.2) is 49.6 Å². The molecule has 2 aromatic rings. The van der Waals surface area contributed by atoms with Crippen molar-refractivity contribution in [3.8, 4) is 0 Å². The number of rotatable bonds is 8. The fourth-order valence-corrected chi connectivity index (χ4v) is 3.52. The highest BCUT2D eigenvalue weighted by molar-refractivity contribution is 5.92. The molecule has 1 aliphatic heterocycles. The van der Waals surface area contributed by atoms with Crippen LogP contribution in [-0.2, 0) is 20.8 Å². The molecule has 154 valence electrons. The maximum Gasteiger partial charge on any atom is 0.244 e. The number of carbonyl (C=O) groups is 3. The SMILES string of the molecule is NC1(C(=O)N[C@H](Cc2ccc3ccccc3c2)C(=O)NCNC=O)CCNCC1. The van der Waals surface area contributed by atoms with Crippen LogP contribution in [0.2, 0.25) is 0 Å². The summed E-state index contributed by atoms with van der Waals surface area (Å²) in [5, 5.41) is 13.2.